The lowest BCUT2D eigenvalue weighted by molar-refractivity contribution is -0.137. The minimum Gasteiger partial charge on any atom is -0.461 e. The van der Waals surface area contributed by atoms with Crippen molar-refractivity contribution in [3.8, 4) is 5.69 Å². The molecule has 2 heterocycles. The summed E-state index contributed by atoms with van der Waals surface area (Å²) in [7, 11) is 0. The molecule has 1 aromatic carbocycles. The first kappa shape index (κ1) is 16.5. The molecule has 3 rings (SSSR count). The molecule has 0 amide bonds. The molecule has 0 radical (unpaired) electrons. The van der Waals surface area contributed by atoms with Gasteiger partial charge in [0, 0.05) is 25.1 Å². The Bertz CT molecular complexity index is 768. The third kappa shape index (κ3) is 2.89. The van der Waals surface area contributed by atoms with Crippen molar-refractivity contribution in [1.82, 2.24) is 15.1 Å². The molecule has 2 aromatic rings. The van der Waals surface area contributed by atoms with Crippen molar-refractivity contribution in [1.29, 1.82) is 0 Å². The number of nitrogens with one attached hydrogen (secondary N) is 1. The first-order valence-electron chi connectivity index (χ1n) is 7.58. The monoisotopic (exact) mass is 339 g/mol. The molecule has 1 aliphatic rings. The number of alkyl halides is 3. The molecule has 0 bridgehead atoms. The average molecular weight is 339 g/mol. The van der Waals surface area contributed by atoms with Gasteiger partial charge in [-0.1, -0.05) is 12.1 Å². The second kappa shape index (κ2) is 6.27. The van der Waals surface area contributed by atoms with Crippen LogP contribution in [0.1, 0.15) is 34.2 Å². The number of halogens is 3. The molecule has 0 aliphatic carbocycles. The van der Waals surface area contributed by atoms with Gasteiger partial charge in [0.05, 0.1) is 23.6 Å². The molecule has 1 aliphatic heterocycles. The minimum absolute atomic E-state index is 0.0658. The third-order valence-corrected chi connectivity index (χ3v) is 3.84. The SMILES string of the molecule is CCOC(=O)c1nn(-c2ccccc2C(F)(F)F)c2c1CNCC2. The van der Waals surface area contributed by atoms with Crippen LogP contribution in [0.15, 0.2) is 24.3 Å². The summed E-state index contributed by atoms with van der Waals surface area (Å²) >= 11 is 0. The number of ether oxygens (including phenoxy) is 1. The third-order valence-electron chi connectivity index (χ3n) is 3.84. The van der Waals surface area contributed by atoms with Crippen LogP contribution in [0.5, 0.6) is 0 Å². The van der Waals surface area contributed by atoms with Crippen LogP contribution in [0.4, 0.5) is 13.2 Å². The summed E-state index contributed by atoms with van der Waals surface area (Å²) in [5.41, 5.74) is 0.393. The van der Waals surface area contributed by atoms with Crippen LogP contribution in [0.3, 0.4) is 0 Å². The fourth-order valence-electron chi connectivity index (χ4n) is 2.81. The fraction of sp³-hybridized carbons (Fsp3) is 0.375. The van der Waals surface area contributed by atoms with Gasteiger partial charge in [-0.15, -0.1) is 0 Å². The maximum atomic E-state index is 13.3. The molecule has 128 valence electrons. The van der Waals surface area contributed by atoms with E-state index in [1.165, 1.54) is 22.9 Å². The summed E-state index contributed by atoms with van der Waals surface area (Å²) < 4.78 is 46.1. The Hall–Kier alpha value is -2.35. The Balaban J connectivity index is 2.18. The normalized spacial score (nSPS) is 14.3. The Kier molecular flexibility index (Phi) is 4.31. The van der Waals surface area contributed by atoms with Crippen molar-refractivity contribution in [2.45, 2.75) is 26.1 Å². The number of hydrogen-bond donors (Lipinski definition) is 1. The van der Waals surface area contributed by atoms with E-state index in [0.717, 1.165) is 6.07 Å². The Labute approximate surface area is 136 Å². The first-order valence-corrected chi connectivity index (χ1v) is 7.58. The van der Waals surface area contributed by atoms with E-state index in [-0.39, 0.29) is 18.0 Å². The van der Waals surface area contributed by atoms with E-state index in [2.05, 4.69) is 10.4 Å². The number of hydrogen-bond acceptors (Lipinski definition) is 4. The van der Waals surface area contributed by atoms with Gasteiger partial charge in [0.2, 0.25) is 0 Å². The smallest absolute Gasteiger partial charge is 0.418 e. The molecule has 24 heavy (non-hydrogen) atoms. The number of benzene rings is 1. The molecule has 0 atom stereocenters. The molecule has 0 fully saturated rings. The first-order chi connectivity index (χ1) is 11.4. The van der Waals surface area contributed by atoms with E-state index in [0.29, 0.717) is 30.8 Å². The maximum Gasteiger partial charge on any atom is 0.418 e. The van der Waals surface area contributed by atoms with Gasteiger partial charge in [-0.2, -0.15) is 18.3 Å². The number of carbonyl (C=O) groups excluding carboxylic acids is 1. The van der Waals surface area contributed by atoms with Crippen LogP contribution >= 0.6 is 0 Å². The van der Waals surface area contributed by atoms with Crippen molar-refractivity contribution >= 4 is 5.97 Å². The van der Waals surface area contributed by atoms with Crippen molar-refractivity contribution < 1.29 is 22.7 Å². The number of para-hydroxylation sites is 1. The van der Waals surface area contributed by atoms with Crippen molar-refractivity contribution in [3.63, 3.8) is 0 Å². The van der Waals surface area contributed by atoms with Crippen LogP contribution in [-0.2, 0) is 23.9 Å². The number of fused-ring (bicyclic) bond motifs is 1. The van der Waals surface area contributed by atoms with E-state index < -0.39 is 17.7 Å². The van der Waals surface area contributed by atoms with Crippen LogP contribution in [0.2, 0.25) is 0 Å². The Morgan fingerprint density at radius 2 is 2.12 bits per heavy atom. The molecule has 1 aromatic heterocycles. The van der Waals surface area contributed by atoms with E-state index in [1.807, 2.05) is 0 Å². The van der Waals surface area contributed by atoms with E-state index >= 15 is 0 Å². The lowest BCUT2D eigenvalue weighted by atomic mass is 10.1. The zero-order valence-electron chi connectivity index (χ0n) is 13.0. The lowest BCUT2D eigenvalue weighted by Crippen LogP contribution is -2.26. The largest absolute Gasteiger partial charge is 0.461 e. The second-order valence-electron chi connectivity index (χ2n) is 5.35. The number of aromatic nitrogens is 2. The minimum atomic E-state index is -4.51. The van der Waals surface area contributed by atoms with Gasteiger partial charge < -0.3 is 10.1 Å². The molecule has 0 spiro atoms. The van der Waals surface area contributed by atoms with Crippen LogP contribution < -0.4 is 5.32 Å². The number of esters is 1. The summed E-state index contributed by atoms with van der Waals surface area (Å²) in [5, 5.41) is 7.26. The van der Waals surface area contributed by atoms with Gasteiger partial charge in [-0.3, -0.25) is 0 Å². The van der Waals surface area contributed by atoms with E-state index in [4.69, 9.17) is 4.74 Å². The molecular weight excluding hydrogens is 323 g/mol. The lowest BCUT2D eigenvalue weighted by Gasteiger charge is -2.18. The van der Waals surface area contributed by atoms with Gasteiger partial charge in [-0.25, -0.2) is 9.48 Å². The summed E-state index contributed by atoms with van der Waals surface area (Å²) in [5.74, 6) is -0.624. The van der Waals surface area contributed by atoms with Crippen LogP contribution in [-0.4, -0.2) is 28.9 Å². The van der Waals surface area contributed by atoms with E-state index in [1.54, 1.807) is 6.92 Å². The Morgan fingerprint density at radius 3 is 2.83 bits per heavy atom. The van der Waals surface area contributed by atoms with Crippen LogP contribution in [0, 0.1) is 0 Å². The molecule has 5 nitrogen and oxygen atoms in total. The highest BCUT2D eigenvalue weighted by Crippen LogP contribution is 2.35. The fourth-order valence-corrected chi connectivity index (χ4v) is 2.81. The highest BCUT2D eigenvalue weighted by Gasteiger charge is 2.35. The maximum absolute atomic E-state index is 13.3. The van der Waals surface area contributed by atoms with Crippen molar-refractivity contribution in [2.24, 2.45) is 0 Å². The predicted molar refractivity (Wildman–Crippen MR) is 79.9 cm³/mol. The van der Waals surface area contributed by atoms with Gasteiger partial charge in [0.15, 0.2) is 5.69 Å². The molecule has 0 saturated carbocycles. The van der Waals surface area contributed by atoms with E-state index in [9.17, 15) is 18.0 Å². The predicted octanol–water partition coefficient (Wildman–Crippen LogP) is 2.71. The molecule has 0 unspecified atom stereocenters. The average Bonchev–Trinajstić information content (AvgIpc) is 2.94. The summed E-state index contributed by atoms with van der Waals surface area (Å²) in [6, 6.07) is 5.21. The van der Waals surface area contributed by atoms with Crippen LogP contribution in [0.25, 0.3) is 5.69 Å². The number of carbonyl (C=O) groups is 1. The van der Waals surface area contributed by atoms with Gasteiger partial charge in [-0.05, 0) is 19.1 Å². The number of rotatable bonds is 3. The highest BCUT2D eigenvalue weighted by atomic mass is 19.4. The topological polar surface area (TPSA) is 56.1 Å². The second-order valence-corrected chi connectivity index (χ2v) is 5.35. The molecule has 0 saturated heterocycles. The van der Waals surface area contributed by atoms with Crippen molar-refractivity contribution in [2.75, 3.05) is 13.2 Å². The van der Waals surface area contributed by atoms with Gasteiger partial charge >= 0.3 is 12.1 Å². The molecule has 8 heteroatoms. The summed E-state index contributed by atoms with van der Waals surface area (Å²) in [6.07, 6.45) is -4.03. The quantitative estimate of drug-likeness (QED) is 0.874. The van der Waals surface area contributed by atoms with Gasteiger partial charge in [0.1, 0.15) is 0 Å². The Morgan fingerprint density at radius 1 is 1.38 bits per heavy atom. The summed E-state index contributed by atoms with van der Waals surface area (Å²) in [4.78, 5) is 12.1. The molecular formula is C16H16F3N3O2. The van der Waals surface area contributed by atoms with Gasteiger partial charge in [0.25, 0.3) is 0 Å². The number of nitrogens with zero attached hydrogens (tertiary/aromatic N) is 2. The zero-order chi connectivity index (χ0) is 17.3. The summed E-state index contributed by atoms with van der Waals surface area (Å²) in [6.45, 7) is 2.82. The van der Waals surface area contributed by atoms with Crippen molar-refractivity contribution in [3.05, 3.63) is 46.8 Å². The molecule has 1 N–H and O–H groups in total. The zero-order valence-corrected chi connectivity index (χ0v) is 13.0. The standard InChI is InChI=1S/C16H16F3N3O2/c1-2-24-15(23)14-10-9-20-8-7-12(10)22(21-14)13-6-4-3-5-11(13)16(17,18)19/h3-6,20H,2,7-9H2,1H3. The highest BCUT2D eigenvalue weighted by molar-refractivity contribution is 5.89.